The van der Waals surface area contributed by atoms with Crippen molar-refractivity contribution in [2.24, 2.45) is 0 Å². The van der Waals surface area contributed by atoms with E-state index in [0.717, 1.165) is 18.5 Å². The Balaban J connectivity index is 1.83. The van der Waals surface area contributed by atoms with Gasteiger partial charge in [0, 0.05) is 23.6 Å². The van der Waals surface area contributed by atoms with E-state index >= 15 is 0 Å². The van der Waals surface area contributed by atoms with Gasteiger partial charge >= 0.3 is 12.2 Å². The fourth-order valence-electron chi connectivity index (χ4n) is 2.78. The van der Waals surface area contributed by atoms with Crippen LogP contribution in [0, 0.1) is 18.6 Å². The van der Waals surface area contributed by atoms with Gasteiger partial charge in [-0.15, -0.1) is 0 Å². The maximum absolute atomic E-state index is 13.9. The summed E-state index contributed by atoms with van der Waals surface area (Å²) in [7, 11) is 0. The maximum Gasteiger partial charge on any atom is 0.416 e. The Kier molecular flexibility index (Phi) is 6.24. The number of anilines is 2. The summed E-state index contributed by atoms with van der Waals surface area (Å²) < 4.78 is 73.3. The molecule has 0 spiro atoms. The van der Waals surface area contributed by atoms with Crippen LogP contribution in [0.1, 0.15) is 17.4 Å². The third-order valence-corrected chi connectivity index (χ3v) is 4.16. The number of rotatable bonds is 6. The molecule has 2 heterocycles. The highest BCUT2D eigenvalue weighted by Gasteiger charge is 2.45. The van der Waals surface area contributed by atoms with Gasteiger partial charge in [0.05, 0.1) is 24.7 Å². The number of hydrogen-bond acceptors (Lipinski definition) is 6. The molecule has 2 aromatic heterocycles. The molecule has 4 N–H and O–H groups in total. The number of fused-ring (bicyclic) bond motifs is 1. The topological polar surface area (TPSA) is 112 Å². The minimum absolute atomic E-state index is 0.0117. The molecule has 0 unspecified atom stereocenters. The first-order valence-corrected chi connectivity index (χ1v) is 8.79. The van der Waals surface area contributed by atoms with Gasteiger partial charge in [0.15, 0.2) is 17.4 Å². The minimum Gasteiger partial charge on any atom is -0.455 e. The van der Waals surface area contributed by atoms with E-state index in [4.69, 9.17) is 9.52 Å². The smallest absolute Gasteiger partial charge is 0.416 e. The van der Waals surface area contributed by atoms with Crippen LogP contribution in [0.25, 0.3) is 11.0 Å². The second kappa shape index (κ2) is 8.71. The summed E-state index contributed by atoms with van der Waals surface area (Å²) in [5.41, 5.74) is -0.731. The molecule has 166 valence electrons. The molecule has 0 aliphatic heterocycles. The number of hydrogen-bond donors (Lipinski definition) is 4. The predicted octanol–water partition coefficient (Wildman–Crippen LogP) is 3.64. The molecule has 0 radical (unpaired) electrons. The van der Waals surface area contributed by atoms with E-state index in [0.29, 0.717) is 6.07 Å². The normalized spacial score (nSPS) is 12.6. The Bertz CT molecular complexity index is 1080. The molecule has 3 rings (SSSR count). The van der Waals surface area contributed by atoms with Crippen molar-refractivity contribution in [2.45, 2.75) is 19.1 Å². The Labute approximate surface area is 171 Å². The zero-order chi connectivity index (χ0) is 22.8. The van der Waals surface area contributed by atoms with Crippen LogP contribution in [0.5, 0.6) is 0 Å². The summed E-state index contributed by atoms with van der Waals surface area (Å²) in [6, 6.07) is -2.56. The minimum atomic E-state index is -5.00. The molecule has 0 saturated heterocycles. The number of aliphatic hydroxyl groups is 1. The molecule has 0 fully saturated rings. The zero-order valence-corrected chi connectivity index (χ0v) is 15.8. The van der Waals surface area contributed by atoms with Crippen LogP contribution < -0.4 is 16.0 Å². The number of urea groups is 1. The van der Waals surface area contributed by atoms with Gasteiger partial charge in [0.25, 0.3) is 0 Å². The van der Waals surface area contributed by atoms with Crippen LogP contribution in [0.2, 0.25) is 0 Å². The fraction of sp³-hybridized carbons (Fsp3) is 0.278. The van der Waals surface area contributed by atoms with Crippen molar-refractivity contribution in [1.29, 1.82) is 0 Å². The van der Waals surface area contributed by atoms with Crippen molar-refractivity contribution < 1.29 is 36.3 Å². The number of nitrogens with one attached hydrogen (secondary N) is 3. The summed E-state index contributed by atoms with van der Waals surface area (Å²) in [6.45, 7) is 1.22. The lowest BCUT2D eigenvalue weighted by Gasteiger charge is -2.20. The van der Waals surface area contributed by atoms with Crippen LogP contribution >= 0.6 is 0 Å². The maximum atomic E-state index is 13.9. The largest absolute Gasteiger partial charge is 0.455 e. The third-order valence-electron chi connectivity index (χ3n) is 4.16. The van der Waals surface area contributed by atoms with Crippen LogP contribution in [-0.4, -0.2) is 40.4 Å². The third kappa shape index (κ3) is 4.99. The van der Waals surface area contributed by atoms with Crippen LogP contribution in [0.3, 0.4) is 0 Å². The van der Waals surface area contributed by atoms with Crippen molar-refractivity contribution in [1.82, 2.24) is 15.3 Å². The van der Waals surface area contributed by atoms with Crippen molar-refractivity contribution >= 4 is 28.6 Å². The molecule has 0 aliphatic rings. The SMILES string of the molecule is Cc1c([C@@H](NC(=O)Nc2cnc(NCCO)nc2)C(F)(F)F)oc2c(F)cc(F)cc12. The van der Waals surface area contributed by atoms with Crippen molar-refractivity contribution in [3.05, 3.63) is 47.5 Å². The number of carbonyl (C=O) groups is 1. The number of halogens is 5. The van der Waals surface area contributed by atoms with E-state index in [1.54, 1.807) is 5.32 Å². The second-order valence-electron chi connectivity index (χ2n) is 6.37. The number of aromatic nitrogens is 2. The summed E-state index contributed by atoms with van der Waals surface area (Å²) in [5.74, 6) is -2.78. The number of nitrogens with zero attached hydrogens (tertiary/aromatic N) is 2. The first kappa shape index (κ1) is 22.2. The second-order valence-corrected chi connectivity index (χ2v) is 6.37. The summed E-state index contributed by atoms with van der Waals surface area (Å²) in [6.07, 6.45) is -2.72. The van der Waals surface area contributed by atoms with Crippen LogP contribution in [-0.2, 0) is 0 Å². The number of furan rings is 1. The van der Waals surface area contributed by atoms with E-state index in [-0.39, 0.29) is 35.7 Å². The molecule has 0 saturated carbocycles. The molecule has 1 atom stereocenters. The van der Waals surface area contributed by atoms with Gasteiger partial charge in [-0.3, -0.25) is 0 Å². The molecule has 2 amide bonds. The number of carbonyl (C=O) groups excluding carboxylic acids is 1. The standard InChI is InChI=1S/C18H16F5N5O3/c1-8-11-4-9(19)5-12(20)14(11)31-13(8)15(18(21,22)23)28-17(30)27-10-6-25-16(26-7-10)24-2-3-29/h4-7,15,29H,2-3H2,1H3,(H,24,25,26)(H2,27,28,30)/t15-/m1/s1. The molecule has 8 nitrogen and oxygen atoms in total. The van der Waals surface area contributed by atoms with Gasteiger partial charge in [0.1, 0.15) is 11.6 Å². The average Bonchev–Trinajstić information content (AvgIpc) is 3.01. The van der Waals surface area contributed by atoms with Crippen LogP contribution in [0.4, 0.5) is 38.4 Å². The summed E-state index contributed by atoms with van der Waals surface area (Å²) >= 11 is 0. The quantitative estimate of drug-likeness (QED) is 0.431. The Morgan fingerprint density at radius 2 is 1.90 bits per heavy atom. The van der Waals surface area contributed by atoms with Gasteiger partial charge in [0.2, 0.25) is 5.95 Å². The lowest BCUT2D eigenvalue weighted by Crippen LogP contribution is -2.40. The summed E-state index contributed by atoms with van der Waals surface area (Å²) in [4.78, 5) is 19.8. The molecule has 0 bridgehead atoms. The van der Waals surface area contributed by atoms with Gasteiger partial charge in [-0.25, -0.2) is 23.5 Å². The number of alkyl halides is 3. The number of amides is 2. The Morgan fingerprint density at radius 3 is 2.52 bits per heavy atom. The van der Waals surface area contributed by atoms with Gasteiger partial charge in [-0.1, -0.05) is 0 Å². The monoisotopic (exact) mass is 445 g/mol. The van der Waals surface area contributed by atoms with Gasteiger partial charge in [-0.05, 0) is 13.0 Å². The predicted molar refractivity (Wildman–Crippen MR) is 99.4 cm³/mol. The Morgan fingerprint density at radius 1 is 1.23 bits per heavy atom. The number of aryl methyl sites for hydroxylation is 1. The molecule has 13 heteroatoms. The number of benzene rings is 1. The molecule has 3 aromatic rings. The molecule has 1 aromatic carbocycles. The first-order valence-electron chi connectivity index (χ1n) is 8.79. The lowest BCUT2D eigenvalue weighted by molar-refractivity contribution is -0.158. The fourth-order valence-corrected chi connectivity index (χ4v) is 2.78. The first-order chi connectivity index (χ1) is 14.6. The highest BCUT2D eigenvalue weighted by Crippen LogP contribution is 2.39. The van der Waals surface area contributed by atoms with E-state index in [2.05, 4.69) is 20.6 Å². The molecular weight excluding hydrogens is 429 g/mol. The van der Waals surface area contributed by atoms with Crippen molar-refractivity contribution in [2.75, 3.05) is 23.8 Å². The highest BCUT2D eigenvalue weighted by atomic mass is 19.4. The van der Waals surface area contributed by atoms with Crippen molar-refractivity contribution in [3.8, 4) is 0 Å². The number of aliphatic hydroxyl groups excluding tert-OH is 1. The molecule has 0 aliphatic carbocycles. The van der Waals surface area contributed by atoms with Gasteiger partial charge < -0.3 is 25.5 Å². The average molecular weight is 445 g/mol. The molecule has 31 heavy (non-hydrogen) atoms. The van der Waals surface area contributed by atoms with Crippen molar-refractivity contribution in [3.63, 3.8) is 0 Å². The van der Waals surface area contributed by atoms with Gasteiger partial charge in [-0.2, -0.15) is 13.2 Å². The van der Waals surface area contributed by atoms with E-state index < -0.39 is 41.2 Å². The van der Waals surface area contributed by atoms with E-state index in [1.807, 2.05) is 0 Å². The van der Waals surface area contributed by atoms with E-state index in [1.165, 1.54) is 6.92 Å². The lowest BCUT2D eigenvalue weighted by atomic mass is 10.1. The van der Waals surface area contributed by atoms with Crippen LogP contribution in [0.15, 0.2) is 28.9 Å². The van der Waals surface area contributed by atoms with E-state index in [9.17, 15) is 26.7 Å². The highest BCUT2D eigenvalue weighted by molar-refractivity contribution is 5.89. The molecular formula is C18H16F5N5O3. The summed E-state index contributed by atoms with van der Waals surface area (Å²) in [5, 5.41) is 15.1. The Hall–Kier alpha value is -3.48. The zero-order valence-electron chi connectivity index (χ0n) is 15.8.